The summed E-state index contributed by atoms with van der Waals surface area (Å²) in [5, 5.41) is 5.76. The lowest BCUT2D eigenvalue weighted by Crippen LogP contribution is -2.46. The third-order valence-corrected chi connectivity index (χ3v) is 5.92. The molecule has 4 rings (SSSR count). The monoisotopic (exact) mass is 507 g/mol. The van der Waals surface area contributed by atoms with E-state index in [2.05, 4.69) is 15.6 Å². The van der Waals surface area contributed by atoms with E-state index in [1.54, 1.807) is 42.6 Å². The molecule has 0 fully saturated rings. The first kappa shape index (κ1) is 26.3. The predicted molar refractivity (Wildman–Crippen MR) is 144 cm³/mol. The van der Waals surface area contributed by atoms with Crippen LogP contribution < -0.4 is 10.6 Å². The lowest BCUT2D eigenvalue weighted by atomic mass is 10.0. The second-order valence-electron chi connectivity index (χ2n) is 8.81. The second kappa shape index (κ2) is 13.5. The largest absolute Gasteiger partial charge is 0.462 e. The van der Waals surface area contributed by atoms with E-state index in [4.69, 9.17) is 4.74 Å². The number of aromatic nitrogens is 1. The molecule has 2 atom stereocenters. The van der Waals surface area contributed by atoms with Gasteiger partial charge >= 0.3 is 5.97 Å². The summed E-state index contributed by atoms with van der Waals surface area (Å²) < 4.78 is 5.70. The van der Waals surface area contributed by atoms with Crippen molar-refractivity contribution in [2.24, 2.45) is 0 Å². The van der Waals surface area contributed by atoms with Gasteiger partial charge in [0.25, 0.3) is 11.8 Å². The molecule has 0 saturated carbocycles. The fraction of sp³-hybridized carbons (Fsp3) is 0.161. The topological polar surface area (TPSA) is 97.4 Å². The molecule has 0 aliphatic rings. The molecular formula is C31H29N3O4. The van der Waals surface area contributed by atoms with Gasteiger partial charge in [0.1, 0.15) is 12.6 Å². The Kier molecular flexibility index (Phi) is 9.34. The van der Waals surface area contributed by atoms with E-state index >= 15 is 0 Å². The molecule has 1 heterocycles. The summed E-state index contributed by atoms with van der Waals surface area (Å²) in [5.74, 6) is -1.26. The van der Waals surface area contributed by atoms with Crippen LogP contribution in [0, 0.1) is 0 Å². The number of benzene rings is 3. The molecule has 0 unspecified atom stereocenters. The zero-order valence-corrected chi connectivity index (χ0v) is 20.8. The van der Waals surface area contributed by atoms with Gasteiger partial charge < -0.3 is 15.4 Å². The summed E-state index contributed by atoms with van der Waals surface area (Å²) in [4.78, 5) is 42.9. The van der Waals surface area contributed by atoms with E-state index in [-0.39, 0.29) is 18.9 Å². The van der Waals surface area contributed by atoms with Crippen LogP contribution in [0.3, 0.4) is 0 Å². The number of nitrogens with zero attached hydrogens (tertiary/aromatic N) is 1. The predicted octanol–water partition coefficient (Wildman–Crippen LogP) is 4.01. The molecule has 0 spiro atoms. The van der Waals surface area contributed by atoms with E-state index in [0.29, 0.717) is 17.5 Å². The van der Waals surface area contributed by atoms with Crippen molar-refractivity contribution in [2.75, 3.05) is 6.61 Å². The minimum absolute atomic E-state index is 0.0552. The number of pyridine rings is 1. The van der Waals surface area contributed by atoms with E-state index in [9.17, 15) is 14.4 Å². The fourth-order valence-electron chi connectivity index (χ4n) is 3.97. The van der Waals surface area contributed by atoms with E-state index in [0.717, 1.165) is 11.1 Å². The second-order valence-corrected chi connectivity index (χ2v) is 8.81. The minimum Gasteiger partial charge on any atom is -0.462 e. The highest BCUT2D eigenvalue weighted by Crippen LogP contribution is 2.10. The molecule has 0 aliphatic heterocycles. The maximum absolute atomic E-state index is 13.3. The number of amides is 2. The average molecular weight is 508 g/mol. The molecule has 0 radical (unpaired) electrons. The van der Waals surface area contributed by atoms with Gasteiger partial charge in [0.05, 0.1) is 11.6 Å². The van der Waals surface area contributed by atoms with Crippen molar-refractivity contribution in [1.29, 1.82) is 0 Å². The van der Waals surface area contributed by atoms with Crippen molar-refractivity contribution in [3.05, 3.63) is 138 Å². The highest BCUT2D eigenvalue weighted by atomic mass is 16.5. The van der Waals surface area contributed by atoms with Crippen molar-refractivity contribution < 1.29 is 19.1 Å². The van der Waals surface area contributed by atoms with Crippen LogP contribution in [-0.2, 0) is 22.4 Å². The van der Waals surface area contributed by atoms with E-state index < -0.39 is 24.0 Å². The van der Waals surface area contributed by atoms with Gasteiger partial charge in [0.15, 0.2) is 0 Å². The Balaban J connectivity index is 1.47. The summed E-state index contributed by atoms with van der Waals surface area (Å²) in [6.45, 7) is -0.0552. The molecule has 2 amide bonds. The van der Waals surface area contributed by atoms with Crippen LogP contribution in [-0.4, -0.2) is 41.5 Å². The van der Waals surface area contributed by atoms with Gasteiger partial charge in [0, 0.05) is 24.4 Å². The minimum atomic E-state index is -0.924. The Morgan fingerprint density at radius 2 is 1.21 bits per heavy atom. The van der Waals surface area contributed by atoms with Gasteiger partial charge in [-0.3, -0.25) is 14.6 Å². The Morgan fingerprint density at radius 3 is 1.82 bits per heavy atom. The molecule has 0 saturated heterocycles. The van der Waals surface area contributed by atoms with Crippen LogP contribution >= 0.6 is 0 Å². The number of rotatable bonds is 11. The van der Waals surface area contributed by atoms with Crippen LogP contribution in [0.1, 0.15) is 31.8 Å². The van der Waals surface area contributed by atoms with Crippen LogP contribution in [0.5, 0.6) is 0 Å². The molecule has 2 N–H and O–H groups in total. The smallest absolute Gasteiger partial charge is 0.329 e. The van der Waals surface area contributed by atoms with Crippen LogP contribution in [0.4, 0.5) is 0 Å². The van der Waals surface area contributed by atoms with Gasteiger partial charge in [-0.25, -0.2) is 4.79 Å². The van der Waals surface area contributed by atoms with Gasteiger partial charge in [0.2, 0.25) is 0 Å². The molecule has 38 heavy (non-hydrogen) atoms. The molecule has 7 nitrogen and oxygen atoms in total. The molecule has 4 aromatic rings. The molecule has 0 aliphatic carbocycles. The lowest BCUT2D eigenvalue weighted by Gasteiger charge is -2.22. The normalized spacial score (nSPS) is 12.1. The third-order valence-electron chi connectivity index (χ3n) is 5.92. The molecule has 192 valence electrons. The maximum atomic E-state index is 13.3. The zero-order chi connectivity index (χ0) is 26.6. The Labute approximate surface area is 221 Å². The highest BCUT2D eigenvalue weighted by molar-refractivity contribution is 5.96. The quantitative estimate of drug-likeness (QED) is 0.299. The molecule has 7 heteroatoms. The summed E-state index contributed by atoms with van der Waals surface area (Å²) in [6, 6.07) is 29.8. The van der Waals surface area contributed by atoms with Crippen LogP contribution in [0.25, 0.3) is 0 Å². The van der Waals surface area contributed by atoms with Crippen LogP contribution in [0.15, 0.2) is 116 Å². The maximum Gasteiger partial charge on any atom is 0.329 e. The van der Waals surface area contributed by atoms with Gasteiger partial charge in [-0.15, -0.1) is 0 Å². The first-order chi connectivity index (χ1) is 18.6. The van der Waals surface area contributed by atoms with E-state index in [1.165, 1.54) is 6.20 Å². The number of hydrogen-bond donors (Lipinski definition) is 2. The Hall–Kier alpha value is -4.78. The van der Waals surface area contributed by atoms with Crippen molar-refractivity contribution in [2.45, 2.75) is 24.9 Å². The SMILES string of the molecule is O=C(N[C@H](COC(=O)[C@@H](Cc1ccccc1)NC(=O)c1cccnc1)Cc1ccccc1)c1ccccc1. The number of nitrogens with one attached hydrogen (secondary N) is 2. The van der Waals surface area contributed by atoms with Crippen molar-refractivity contribution in [1.82, 2.24) is 15.6 Å². The summed E-state index contributed by atoms with van der Waals surface area (Å²) in [5.41, 5.74) is 2.73. The average Bonchev–Trinajstić information content (AvgIpc) is 2.97. The first-order valence-corrected chi connectivity index (χ1v) is 12.4. The van der Waals surface area contributed by atoms with Gasteiger partial charge in [-0.1, -0.05) is 78.9 Å². The summed E-state index contributed by atoms with van der Waals surface area (Å²) >= 11 is 0. The summed E-state index contributed by atoms with van der Waals surface area (Å²) in [6.07, 6.45) is 3.74. The molecule has 1 aromatic heterocycles. The number of carbonyl (C=O) groups is 3. The zero-order valence-electron chi connectivity index (χ0n) is 20.8. The molecule has 0 bridgehead atoms. The van der Waals surface area contributed by atoms with Crippen molar-refractivity contribution >= 4 is 17.8 Å². The third kappa shape index (κ3) is 7.86. The lowest BCUT2D eigenvalue weighted by molar-refractivity contribution is -0.146. The summed E-state index contributed by atoms with van der Waals surface area (Å²) in [7, 11) is 0. The number of esters is 1. The molecule has 3 aromatic carbocycles. The Morgan fingerprint density at radius 1 is 0.658 bits per heavy atom. The number of hydrogen-bond acceptors (Lipinski definition) is 5. The van der Waals surface area contributed by atoms with E-state index in [1.807, 2.05) is 66.7 Å². The van der Waals surface area contributed by atoms with Gasteiger partial charge in [-0.05, 0) is 41.8 Å². The number of carbonyl (C=O) groups excluding carboxylic acids is 3. The Bertz CT molecular complexity index is 1320. The first-order valence-electron chi connectivity index (χ1n) is 12.4. The molecular weight excluding hydrogens is 478 g/mol. The number of ether oxygens (including phenoxy) is 1. The standard InChI is InChI=1S/C31H29N3O4/c35-29(25-15-8-3-9-16-25)33-27(19-23-11-4-1-5-12-23)22-38-31(37)28(20-24-13-6-2-7-14-24)34-30(36)26-17-10-18-32-21-26/h1-18,21,27-28H,19-20,22H2,(H,33,35)(H,34,36)/t27-,28+/m0/s1. The van der Waals surface area contributed by atoms with Crippen LogP contribution in [0.2, 0.25) is 0 Å². The van der Waals surface area contributed by atoms with Crippen molar-refractivity contribution in [3.8, 4) is 0 Å². The fourth-order valence-corrected chi connectivity index (χ4v) is 3.97. The van der Waals surface area contributed by atoms with Crippen molar-refractivity contribution in [3.63, 3.8) is 0 Å². The van der Waals surface area contributed by atoms with Gasteiger partial charge in [-0.2, -0.15) is 0 Å². The highest BCUT2D eigenvalue weighted by Gasteiger charge is 2.25.